The van der Waals surface area contributed by atoms with E-state index in [-0.39, 0.29) is 18.4 Å². The summed E-state index contributed by atoms with van der Waals surface area (Å²) in [5, 5.41) is 3.10. The van der Waals surface area contributed by atoms with Crippen LogP contribution in [0.3, 0.4) is 0 Å². The van der Waals surface area contributed by atoms with E-state index in [0.717, 1.165) is 33.7 Å². The molecule has 188 valence electrons. The van der Waals surface area contributed by atoms with Crippen molar-refractivity contribution in [1.82, 2.24) is 14.9 Å². The van der Waals surface area contributed by atoms with Gasteiger partial charge in [0.1, 0.15) is 18.2 Å². The average molecular weight is 488 g/mol. The molecule has 0 radical (unpaired) electrons. The summed E-state index contributed by atoms with van der Waals surface area (Å²) in [6.45, 7) is 7.18. The van der Waals surface area contributed by atoms with Crippen LogP contribution in [-0.4, -0.2) is 36.3 Å². The third-order valence-electron chi connectivity index (χ3n) is 6.16. The molecule has 0 aliphatic heterocycles. The number of nitrogens with one attached hydrogen (secondary N) is 1. The summed E-state index contributed by atoms with van der Waals surface area (Å²) in [6.07, 6.45) is 0.223. The first-order valence-electron chi connectivity index (χ1n) is 12.0. The highest BCUT2D eigenvalue weighted by atomic mass is 16.5. The lowest BCUT2D eigenvalue weighted by Crippen LogP contribution is -2.30. The third-order valence-corrected chi connectivity index (χ3v) is 6.16. The monoisotopic (exact) mass is 487 g/mol. The molecule has 0 fully saturated rings. The first-order valence-corrected chi connectivity index (χ1v) is 12.0. The highest BCUT2D eigenvalue weighted by Gasteiger charge is 2.19. The van der Waals surface area contributed by atoms with Crippen LogP contribution in [0.1, 0.15) is 35.5 Å². The number of imidazole rings is 1. The van der Waals surface area contributed by atoms with E-state index < -0.39 is 0 Å². The van der Waals surface area contributed by atoms with Gasteiger partial charge in [0.2, 0.25) is 5.91 Å². The molecule has 36 heavy (non-hydrogen) atoms. The van der Waals surface area contributed by atoms with Gasteiger partial charge in [0.05, 0.1) is 44.3 Å². The number of fused-ring (bicyclic) bond motifs is 1. The number of rotatable bonds is 10. The first-order chi connectivity index (χ1) is 17.4. The number of nitrogens with zero attached hydrogens (tertiary/aromatic N) is 2. The summed E-state index contributed by atoms with van der Waals surface area (Å²) in [4.78, 5) is 17.7. The topological polar surface area (TPSA) is 74.6 Å². The fraction of sp³-hybridized carbons (Fsp3) is 0.310. The molecule has 1 heterocycles. The van der Waals surface area contributed by atoms with Crippen LogP contribution >= 0.6 is 0 Å². The Labute approximate surface area is 212 Å². The number of aryl methyl sites for hydroxylation is 2. The number of ether oxygens (including phenoxy) is 3. The molecule has 0 bridgehead atoms. The lowest BCUT2D eigenvalue weighted by atomic mass is 10.1. The van der Waals surface area contributed by atoms with Gasteiger partial charge in [-0.15, -0.1) is 0 Å². The van der Waals surface area contributed by atoms with Crippen LogP contribution in [0, 0.1) is 13.8 Å². The molecule has 1 amide bonds. The summed E-state index contributed by atoms with van der Waals surface area (Å²) in [5.41, 5.74) is 5.06. The van der Waals surface area contributed by atoms with Crippen LogP contribution in [0.15, 0.2) is 60.7 Å². The molecule has 7 nitrogen and oxygen atoms in total. The fourth-order valence-corrected chi connectivity index (χ4v) is 4.40. The molecule has 1 aromatic heterocycles. The van der Waals surface area contributed by atoms with Crippen LogP contribution in [-0.2, 0) is 17.8 Å². The van der Waals surface area contributed by atoms with Crippen molar-refractivity contribution >= 4 is 16.9 Å². The Kier molecular flexibility index (Phi) is 7.78. The predicted octanol–water partition coefficient (Wildman–Crippen LogP) is 5.17. The van der Waals surface area contributed by atoms with Gasteiger partial charge < -0.3 is 24.1 Å². The van der Waals surface area contributed by atoms with Gasteiger partial charge in [-0.05, 0) is 62.2 Å². The summed E-state index contributed by atoms with van der Waals surface area (Å²) in [7, 11) is 3.17. The molecule has 3 aromatic carbocycles. The maximum Gasteiger partial charge on any atom is 0.224 e. The molecule has 0 spiro atoms. The minimum absolute atomic E-state index is 0.0974. The second-order valence-corrected chi connectivity index (χ2v) is 8.88. The van der Waals surface area contributed by atoms with Gasteiger partial charge in [0, 0.05) is 0 Å². The van der Waals surface area contributed by atoms with Gasteiger partial charge in [0.25, 0.3) is 0 Å². The molecule has 1 unspecified atom stereocenters. The number of methoxy groups -OCH3 is 2. The zero-order chi connectivity index (χ0) is 25.7. The molecule has 1 atom stereocenters. The number of benzene rings is 3. The van der Waals surface area contributed by atoms with Crippen LogP contribution in [0.5, 0.6) is 17.2 Å². The van der Waals surface area contributed by atoms with Crippen molar-refractivity contribution in [2.75, 3.05) is 20.8 Å². The molecule has 4 aromatic rings. The minimum atomic E-state index is -0.286. The van der Waals surface area contributed by atoms with Crippen LogP contribution in [0.4, 0.5) is 0 Å². The molecule has 4 rings (SSSR count). The highest BCUT2D eigenvalue weighted by Crippen LogP contribution is 2.28. The van der Waals surface area contributed by atoms with E-state index in [9.17, 15) is 4.79 Å². The smallest absolute Gasteiger partial charge is 0.224 e. The van der Waals surface area contributed by atoms with E-state index in [1.54, 1.807) is 20.3 Å². The lowest BCUT2D eigenvalue weighted by Gasteiger charge is -2.17. The SMILES string of the molecule is COc1ccc(CC(=O)NC(C)c2nc3ccccc3n2CCOc2ccc(C)cc2C)cc1OC. The molecule has 7 heteroatoms. The van der Waals surface area contributed by atoms with Crippen molar-refractivity contribution in [3.63, 3.8) is 0 Å². The van der Waals surface area contributed by atoms with Crippen molar-refractivity contribution in [2.45, 2.75) is 39.8 Å². The van der Waals surface area contributed by atoms with Crippen molar-refractivity contribution in [1.29, 1.82) is 0 Å². The largest absolute Gasteiger partial charge is 0.493 e. The maximum atomic E-state index is 12.9. The second-order valence-electron chi connectivity index (χ2n) is 8.88. The number of para-hydroxylation sites is 2. The maximum absolute atomic E-state index is 12.9. The Balaban J connectivity index is 1.48. The van der Waals surface area contributed by atoms with E-state index >= 15 is 0 Å². The zero-order valence-corrected chi connectivity index (χ0v) is 21.5. The number of aromatic nitrogens is 2. The standard InChI is InChI=1S/C29H33N3O4/c1-19-10-12-25(20(2)16-19)36-15-14-32-24-9-7-6-8-23(24)31-29(32)21(3)30-28(33)18-22-11-13-26(34-4)27(17-22)35-5/h6-13,16-17,21H,14-15,18H2,1-5H3,(H,30,33). The first kappa shape index (κ1) is 25.1. The molecular formula is C29H33N3O4. The highest BCUT2D eigenvalue weighted by molar-refractivity contribution is 5.80. The minimum Gasteiger partial charge on any atom is -0.493 e. The third kappa shape index (κ3) is 5.62. The van der Waals surface area contributed by atoms with Crippen molar-refractivity contribution < 1.29 is 19.0 Å². The Hall–Kier alpha value is -4.00. The summed E-state index contributed by atoms with van der Waals surface area (Å²) >= 11 is 0. The number of hydrogen-bond acceptors (Lipinski definition) is 5. The lowest BCUT2D eigenvalue weighted by molar-refractivity contribution is -0.121. The Morgan fingerprint density at radius 2 is 1.72 bits per heavy atom. The molecule has 0 saturated heterocycles. The molecule has 0 aliphatic carbocycles. The molecule has 0 saturated carbocycles. The van der Waals surface area contributed by atoms with E-state index in [0.29, 0.717) is 24.7 Å². The van der Waals surface area contributed by atoms with Crippen molar-refractivity contribution in [3.05, 3.63) is 83.2 Å². The van der Waals surface area contributed by atoms with Gasteiger partial charge in [-0.2, -0.15) is 0 Å². The zero-order valence-electron chi connectivity index (χ0n) is 21.5. The van der Waals surface area contributed by atoms with E-state index in [1.807, 2.05) is 49.4 Å². The van der Waals surface area contributed by atoms with E-state index in [2.05, 4.69) is 35.9 Å². The van der Waals surface area contributed by atoms with E-state index in [1.165, 1.54) is 5.56 Å². The number of amides is 1. The molecular weight excluding hydrogens is 454 g/mol. The predicted molar refractivity (Wildman–Crippen MR) is 141 cm³/mol. The van der Waals surface area contributed by atoms with Crippen molar-refractivity contribution in [3.8, 4) is 17.2 Å². The van der Waals surface area contributed by atoms with Gasteiger partial charge >= 0.3 is 0 Å². The average Bonchev–Trinajstić information content (AvgIpc) is 3.24. The van der Waals surface area contributed by atoms with E-state index in [4.69, 9.17) is 19.2 Å². The van der Waals surface area contributed by atoms with Gasteiger partial charge in [-0.3, -0.25) is 4.79 Å². The fourth-order valence-electron chi connectivity index (χ4n) is 4.40. The summed E-state index contributed by atoms with van der Waals surface area (Å²) in [6, 6.07) is 19.4. The quantitative estimate of drug-likeness (QED) is 0.334. The summed E-state index contributed by atoms with van der Waals surface area (Å²) in [5.74, 6) is 2.80. The number of carbonyl (C=O) groups is 1. The number of carbonyl (C=O) groups excluding carboxylic acids is 1. The van der Waals surface area contributed by atoms with Gasteiger partial charge in [0.15, 0.2) is 11.5 Å². The Morgan fingerprint density at radius 1 is 0.972 bits per heavy atom. The Bertz CT molecular complexity index is 1360. The molecule has 1 N–H and O–H groups in total. The Morgan fingerprint density at radius 3 is 2.47 bits per heavy atom. The normalized spacial score (nSPS) is 11.8. The van der Waals surface area contributed by atoms with Crippen LogP contribution in [0.25, 0.3) is 11.0 Å². The van der Waals surface area contributed by atoms with Crippen LogP contribution < -0.4 is 19.5 Å². The second kappa shape index (κ2) is 11.2. The van der Waals surface area contributed by atoms with Gasteiger partial charge in [-0.1, -0.05) is 35.9 Å². The van der Waals surface area contributed by atoms with Crippen molar-refractivity contribution in [2.24, 2.45) is 0 Å². The number of hydrogen-bond donors (Lipinski definition) is 1. The van der Waals surface area contributed by atoms with Crippen LogP contribution in [0.2, 0.25) is 0 Å². The van der Waals surface area contributed by atoms with Gasteiger partial charge in [-0.25, -0.2) is 4.98 Å². The molecule has 0 aliphatic rings. The summed E-state index contributed by atoms with van der Waals surface area (Å²) < 4.78 is 18.9.